The van der Waals surface area contributed by atoms with Crippen molar-refractivity contribution in [2.75, 3.05) is 7.11 Å². The van der Waals surface area contributed by atoms with Gasteiger partial charge < -0.3 is 4.74 Å². The molecule has 0 fully saturated rings. The number of carbonyl (C=O) groups is 1. The molecular weight excluding hydrogens is 250 g/mol. The molecule has 94 valence electrons. The van der Waals surface area contributed by atoms with Crippen LogP contribution in [-0.4, -0.2) is 24.4 Å². The molecule has 1 rings (SSSR count). The smallest absolute Gasteiger partial charge is 0.376 e. The average Bonchev–Trinajstić information content (AvgIpc) is 2.28. The fourth-order valence-electron chi connectivity index (χ4n) is 1.45. The Hall–Kier alpha value is -1.16. The number of alkyl halides is 3. The van der Waals surface area contributed by atoms with Crippen LogP contribution in [0.5, 0.6) is 0 Å². The second kappa shape index (κ2) is 5.96. The van der Waals surface area contributed by atoms with Crippen molar-refractivity contribution < 1.29 is 18.3 Å². The Morgan fingerprint density at radius 2 is 2.00 bits per heavy atom. The lowest BCUT2D eigenvalue weighted by atomic mass is 10.1. The molecule has 0 bridgehead atoms. The van der Waals surface area contributed by atoms with E-state index in [1.165, 1.54) is 0 Å². The van der Waals surface area contributed by atoms with Crippen molar-refractivity contribution in [3.8, 4) is 0 Å². The van der Waals surface area contributed by atoms with E-state index in [-0.39, 0.29) is 6.42 Å². The van der Waals surface area contributed by atoms with E-state index < -0.39 is 23.7 Å². The highest BCUT2D eigenvalue weighted by molar-refractivity contribution is 6.20. The summed E-state index contributed by atoms with van der Waals surface area (Å²) in [5, 5.41) is -0.813. The molecule has 5 heteroatoms. The number of halogens is 3. The quantitative estimate of drug-likeness (QED) is 0.602. The largest absolute Gasteiger partial charge is 0.465 e. The number of esters is 1. The molecule has 0 heterocycles. The van der Waals surface area contributed by atoms with Crippen molar-refractivity contribution in [3.05, 3.63) is 35.9 Å². The highest BCUT2D eigenvalue weighted by Crippen LogP contribution is 2.26. The molecule has 1 aromatic rings. The highest BCUT2D eigenvalue weighted by Gasteiger charge is 2.41. The molecule has 0 amide bonds. The molecule has 0 aromatic heterocycles. The van der Waals surface area contributed by atoms with Crippen LogP contribution in [0.25, 0.3) is 0 Å². The summed E-state index contributed by atoms with van der Waals surface area (Å²) in [6, 6.07) is 9.03. The van der Waals surface area contributed by atoms with Gasteiger partial charge in [-0.2, -0.15) is 8.78 Å². The molecule has 0 aliphatic carbocycles. The zero-order valence-electron chi connectivity index (χ0n) is 9.33. The predicted octanol–water partition coefficient (Wildman–Crippen LogP) is 3.03. The fraction of sp³-hybridized carbons (Fsp3) is 0.417. The Kier molecular flexibility index (Phi) is 4.87. The summed E-state index contributed by atoms with van der Waals surface area (Å²) in [5.41, 5.74) is 0.855. The van der Waals surface area contributed by atoms with E-state index in [4.69, 9.17) is 11.6 Å². The Balaban J connectivity index is 2.55. The first-order valence-corrected chi connectivity index (χ1v) is 5.53. The minimum Gasteiger partial charge on any atom is -0.465 e. The summed E-state index contributed by atoms with van der Waals surface area (Å²) in [4.78, 5) is 10.8. The van der Waals surface area contributed by atoms with Gasteiger partial charge in [-0.05, 0) is 12.0 Å². The van der Waals surface area contributed by atoms with Crippen LogP contribution in [0.2, 0.25) is 0 Å². The molecule has 1 atom stereocenters. The Morgan fingerprint density at radius 3 is 2.53 bits per heavy atom. The maximum Gasteiger partial charge on any atom is 0.376 e. The van der Waals surface area contributed by atoms with Gasteiger partial charge in [-0.3, -0.25) is 0 Å². The minimum absolute atomic E-state index is 0.287. The van der Waals surface area contributed by atoms with Gasteiger partial charge in [0.15, 0.2) is 0 Å². The van der Waals surface area contributed by atoms with Gasteiger partial charge in [-0.15, -0.1) is 11.6 Å². The van der Waals surface area contributed by atoms with Crippen LogP contribution in [-0.2, 0) is 16.0 Å². The van der Waals surface area contributed by atoms with Crippen LogP contribution in [0, 0.1) is 0 Å². The van der Waals surface area contributed by atoms with E-state index in [9.17, 15) is 13.6 Å². The van der Waals surface area contributed by atoms with Crippen LogP contribution in [0.4, 0.5) is 8.78 Å². The molecule has 0 spiro atoms. The lowest BCUT2D eigenvalue weighted by Crippen LogP contribution is -2.33. The van der Waals surface area contributed by atoms with Gasteiger partial charge in [-0.1, -0.05) is 30.3 Å². The standard InChI is InChI=1S/C12H13ClF2O2/c1-17-11(16)12(14,15)8-10(13)7-9-5-3-2-4-6-9/h2-6,10H,7-8H2,1H3. The molecule has 1 aromatic carbocycles. The molecule has 17 heavy (non-hydrogen) atoms. The lowest BCUT2D eigenvalue weighted by molar-refractivity contribution is -0.169. The molecular formula is C12H13ClF2O2. The van der Waals surface area contributed by atoms with E-state index in [0.29, 0.717) is 0 Å². The maximum absolute atomic E-state index is 13.2. The van der Waals surface area contributed by atoms with Gasteiger partial charge in [0.2, 0.25) is 0 Å². The summed E-state index contributed by atoms with van der Waals surface area (Å²) in [7, 11) is 0.927. The van der Waals surface area contributed by atoms with E-state index in [2.05, 4.69) is 4.74 Å². The summed E-state index contributed by atoms with van der Waals surface area (Å²) < 4.78 is 30.4. The van der Waals surface area contributed by atoms with E-state index in [0.717, 1.165) is 12.7 Å². The molecule has 2 nitrogen and oxygen atoms in total. The number of methoxy groups -OCH3 is 1. The number of carbonyl (C=O) groups excluding carboxylic acids is 1. The molecule has 0 radical (unpaired) electrons. The second-order valence-corrected chi connectivity index (χ2v) is 4.30. The van der Waals surface area contributed by atoms with Crippen molar-refractivity contribution in [3.63, 3.8) is 0 Å². The Morgan fingerprint density at radius 1 is 1.41 bits per heavy atom. The third-order valence-electron chi connectivity index (χ3n) is 2.26. The number of hydrogen-bond acceptors (Lipinski definition) is 2. The first kappa shape index (κ1) is 13.9. The van der Waals surface area contributed by atoms with Crippen LogP contribution in [0.1, 0.15) is 12.0 Å². The zero-order chi connectivity index (χ0) is 12.9. The fourth-order valence-corrected chi connectivity index (χ4v) is 1.82. The van der Waals surface area contributed by atoms with E-state index in [1.54, 1.807) is 24.3 Å². The van der Waals surface area contributed by atoms with Crippen LogP contribution in [0.15, 0.2) is 30.3 Å². The second-order valence-electron chi connectivity index (χ2n) is 3.69. The topological polar surface area (TPSA) is 26.3 Å². The average molecular weight is 263 g/mol. The number of rotatable bonds is 5. The minimum atomic E-state index is -3.53. The monoisotopic (exact) mass is 262 g/mol. The molecule has 0 N–H and O–H groups in total. The zero-order valence-corrected chi connectivity index (χ0v) is 10.1. The first-order valence-electron chi connectivity index (χ1n) is 5.10. The summed E-state index contributed by atoms with van der Waals surface area (Å²) >= 11 is 5.81. The normalized spacial score (nSPS) is 13.2. The van der Waals surface area contributed by atoms with E-state index >= 15 is 0 Å². The van der Waals surface area contributed by atoms with Gasteiger partial charge >= 0.3 is 11.9 Å². The van der Waals surface area contributed by atoms with Crippen molar-refractivity contribution >= 4 is 17.6 Å². The summed E-state index contributed by atoms with van der Waals surface area (Å²) in [5.74, 6) is -5.08. The third-order valence-corrected chi connectivity index (χ3v) is 2.57. The summed E-state index contributed by atoms with van der Waals surface area (Å²) in [6.45, 7) is 0. The SMILES string of the molecule is COC(=O)C(F)(F)CC(Cl)Cc1ccccc1. The third kappa shape index (κ3) is 4.30. The van der Waals surface area contributed by atoms with Crippen molar-refractivity contribution in [2.24, 2.45) is 0 Å². The van der Waals surface area contributed by atoms with Gasteiger partial charge in [0.25, 0.3) is 0 Å². The van der Waals surface area contributed by atoms with Crippen molar-refractivity contribution in [1.82, 2.24) is 0 Å². The molecule has 0 aliphatic rings. The molecule has 1 unspecified atom stereocenters. The van der Waals surface area contributed by atoms with Gasteiger partial charge in [0.1, 0.15) is 0 Å². The Bertz CT molecular complexity index is 368. The lowest BCUT2D eigenvalue weighted by Gasteiger charge is -2.17. The van der Waals surface area contributed by atoms with Crippen LogP contribution < -0.4 is 0 Å². The number of benzene rings is 1. The number of hydrogen-bond donors (Lipinski definition) is 0. The van der Waals surface area contributed by atoms with E-state index in [1.807, 2.05) is 6.07 Å². The molecule has 0 saturated heterocycles. The first-order chi connectivity index (χ1) is 7.95. The maximum atomic E-state index is 13.2. The van der Waals surface area contributed by atoms with Crippen molar-refractivity contribution in [1.29, 1.82) is 0 Å². The van der Waals surface area contributed by atoms with Crippen molar-refractivity contribution in [2.45, 2.75) is 24.1 Å². The molecule has 0 aliphatic heterocycles. The predicted molar refractivity (Wildman–Crippen MR) is 61.4 cm³/mol. The molecule has 0 saturated carbocycles. The summed E-state index contributed by atoms with van der Waals surface area (Å²) in [6.07, 6.45) is -0.439. The highest BCUT2D eigenvalue weighted by atomic mass is 35.5. The van der Waals surface area contributed by atoms with Crippen LogP contribution in [0.3, 0.4) is 0 Å². The van der Waals surface area contributed by atoms with Gasteiger partial charge in [-0.25, -0.2) is 4.79 Å². The van der Waals surface area contributed by atoms with Crippen LogP contribution >= 0.6 is 11.6 Å². The van der Waals surface area contributed by atoms with Gasteiger partial charge in [0, 0.05) is 11.8 Å². The Labute approximate surface area is 104 Å². The number of ether oxygens (including phenoxy) is 1. The van der Waals surface area contributed by atoms with Gasteiger partial charge in [0.05, 0.1) is 7.11 Å².